The molecule has 0 amide bonds. The molecule has 1 aromatic heterocycles. The summed E-state index contributed by atoms with van der Waals surface area (Å²) in [6.07, 6.45) is 15.9. The Bertz CT molecular complexity index is 886. The van der Waals surface area contributed by atoms with Crippen molar-refractivity contribution in [3.63, 3.8) is 0 Å². The van der Waals surface area contributed by atoms with Crippen LogP contribution >= 0.6 is 0 Å². The third kappa shape index (κ3) is 11.8. The summed E-state index contributed by atoms with van der Waals surface area (Å²) in [5, 5.41) is 19.9. The number of rotatable bonds is 21. The molecule has 0 saturated carbocycles. The Morgan fingerprint density at radius 3 is 1.95 bits per heavy atom. The fraction of sp³-hybridized carbons (Fsp3) is 0.821. The maximum absolute atomic E-state index is 12.1. The molecule has 10 nitrogen and oxygen atoms in total. The molecule has 1 aromatic rings. The first-order valence-corrected chi connectivity index (χ1v) is 14.4. The van der Waals surface area contributed by atoms with Crippen molar-refractivity contribution in [2.75, 3.05) is 20.3 Å². The van der Waals surface area contributed by atoms with Crippen LogP contribution in [0.3, 0.4) is 0 Å². The number of nitrogens with one attached hydrogen (secondary N) is 1. The van der Waals surface area contributed by atoms with E-state index < -0.39 is 42.4 Å². The van der Waals surface area contributed by atoms with Crippen LogP contribution in [-0.2, 0) is 19.0 Å². The number of hydrogen-bond acceptors (Lipinski definition) is 8. The number of ether oxygens (including phenoxy) is 3. The Morgan fingerprint density at radius 1 is 0.921 bits per heavy atom. The van der Waals surface area contributed by atoms with Gasteiger partial charge in [0.25, 0.3) is 5.56 Å². The lowest BCUT2D eigenvalue weighted by molar-refractivity contribution is -0.140. The Labute approximate surface area is 225 Å². The highest BCUT2D eigenvalue weighted by atomic mass is 16.6. The van der Waals surface area contributed by atoms with Crippen LogP contribution in [0, 0.1) is 0 Å². The van der Waals surface area contributed by atoms with E-state index >= 15 is 0 Å². The predicted octanol–water partition coefficient (Wildman–Crippen LogP) is 3.59. The van der Waals surface area contributed by atoms with Gasteiger partial charge in [-0.15, -0.1) is 0 Å². The van der Waals surface area contributed by atoms with E-state index in [9.17, 15) is 24.6 Å². The molecule has 0 spiro atoms. The van der Waals surface area contributed by atoms with Gasteiger partial charge in [-0.2, -0.15) is 0 Å². The van der Waals surface area contributed by atoms with Crippen molar-refractivity contribution in [3.05, 3.63) is 33.1 Å². The number of aliphatic hydroxyl groups is 2. The Hall–Kier alpha value is -2.01. The normalized spacial score (nSPS) is 21.1. The van der Waals surface area contributed by atoms with Crippen molar-refractivity contribution in [2.24, 2.45) is 0 Å². The highest BCUT2D eigenvalue weighted by Gasteiger charge is 2.45. The van der Waals surface area contributed by atoms with Crippen molar-refractivity contribution in [1.82, 2.24) is 9.55 Å². The lowest BCUT2D eigenvalue weighted by atomic mass is 10.0. The van der Waals surface area contributed by atoms with E-state index in [0.717, 1.165) is 32.1 Å². The Morgan fingerprint density at radius 2 is 1.45 bits per heavy atom. The maximum atomic E-state index is 12.1. The number of aromatic amines is 1. The zero-order chi connectivity index (χ0) is 27.6. The number of nitrogens with zero attached hydrogens (tertiary/aromatic N) is 1. The second kappa shape index (κ2) is 19.1. The molecule has 218 valence electrons. The summed E-state index contributed by atoms with van der Waals surface area (Å²) in [4.78, 5) is 36.7. The van der Waals surface area contributed by atoms with Crippen molar-refractivity contribution >= 4 is 5.97 Å². The minimum Gasteiger partial charge on any atom is -0.469 e. The summed E-state index contributed by atoms with van der Waals surface area (Å²) in [6, 6.07) is 1.21. The van der Waals surface area contributed by atoms with Gasteiger partial charge >= 0.3 is 11.7 Å². The van der Waals surface area contributed by atoms with Gasteiger partial charge in [-0.25, -0.2) is 4.79 Å². The van der Waals surface area contributed by atoms with E-state index in [1.165, 1.54) is 88.1 Å². The van der Waals surface area contributed by atoms with Crippen LogP contribution in [0.5, 0.6) is 0 Å². The molecular formula is C28H48N2O8. The molecule has 1 aliphatic rings. The number of carbonyl (C=O) groups is 1. The average molecular weight is 541 g/mol. The molecule has 1 fully saturated rings. The topological polar surface area (TPSA) is 140 Å². The van der Waals surface area contributed by atoms with Gasteiger partial charge in [0, 0.05) is 25.3 Å². The largest absolute Gasteiger partial charge is 0.469 e. The molecule has 0 aliphatic carbocycles. The lowest BCUT2D eigenvalue weighted by Gasteiger charge is -2.22. The first kappa shape index (κ1) is 32.2. The molecule has 1 unspecified atom stereocenters. The summed E-state index contributed by atoms with van der Waals surface area (Å²) in [5.41, 5.74) is -1.16. The molecule has 4 atom stereocenters. The van der Waals surface area contributed by atoms with Gasteiger partial charge < -0.3 is 24.4 Å². The summed E-state index contributed by atoms with van der Waals surface area (Å²) < 4.78 is 17.3. The summed E-state index contributed by atoms with van der Waals surface area (Å²) in [7, 11) is 1.44. The number of H-pyrrole nitrogens is 1. The molecule has 1 aliphatic heterocycles. The number of aliphatic hydroxyl groups excluding tert-OH is 2. The number of hydrogen-bond donors (Lipinski definition) is 3. The third-order valence-corrected chi connectivity index (χ3v) is 7.18. The smallest absolute Gasteiger partial charge is 0.330 e. The fourth-order valence-corrected chi connectivity index (χ4v) is 4.89. The number of aromatic nitrogens is 2. The Kier molecular flexibility index (Phi) is 16.2. The molecule has 2 rings (SSSR count). The number of methoxy groups -OCH3 is 1. The lowest BCUT2D eigenvalue weighted by Crippen LogP contribution is -2.39. The van der Waals surface area contributed by atoms with Crippen LogP contribution in [0.2, 0.25) is 0 Å². The third-order valence-electron chi connectivity index (χ3n) is 7.18. The van der Waals surface area contributed by atoms with Gasteiger partial charge in [0.1, 0.15) is 18.3 Å². The Balaban J connectivity index is 1.46. The highest BCUT2D eigenvalue weighted by Crippen LogP contribution is 2.30. The van der Waals surface area contributed by atoms with E-state index in [2.05, 4.69) is 9.72 Å². The van der Waals surface area contributed by atoms with Crippen LogP contribution in [0.15, 0.2) is 21.9 Å². The molecule has 3 N–H and O–H groups in total. The molecule has 0 aromatic carbocycles. The predicted molar refractivity (Wildman–Crippen MR) is 144 cm³/mol. The van der Waals surface area contributed by atoms with Crippen molar-refractivity contribution in [3.8, 4) is 0 Å². The van der Waals surface area contributed by atoms with E-state index in [0.29, 0.717) is 13.0 Å². The fourth-order valence-electron chi connectivity index (χ4n) is 4.89. The maximum Gasteiger partial charge on any atom is 0.330 e. The minimum absolute atomic E-state index is 0.106. The highest BCUT2D eigenvalue weighted by molar-refractivity contribution is 5.68. The second-order valence-electron chi connectivity index (χ2n) is 10.2. The first-order chi connectivity index (χ1) is 18.5. The van der Waals surface area contributed by atoms with E-state index in [1.807, 2.05) is 0 Å². The zero-order valence-electron chi connectivity index (χ0n) is 23.0. The SMILES string of the molecule is COC(=O)CCCCCCCCCCCCCCCCCO[C@H]1C(O)[C@@H](CO)O[C@H]1n1ccc(=O)[nH]c1=O. The van der Waals surface area contributed by atoms with Gasteiger partial charge in [0.15, 0.2) is 6.23 Å². The summed E-state index contributed by atoms with van der Waals surface area (Å²) >= 11 is 0. The van der Waals surface area contributed by atoms with Gasteiger partial charge in [0.2, 0.25) is 0 Å². The minimum atomic E-state index is -1.07. The molecule has 0 radical (unpaired) electrons. The first-order valence-electron chi connectivity index (χ1n) is 14.4. The molecule has 2 heterocycles. The molecule has 10 heteroatoms. The molecule has 38 heavy (non-hydrogen) atoms. The zero-order valence-corrected chi connectivity index (χ0v) is 23.0. The van der Waals surface area contributed by atoms with E-state index in [-0.39, 0.29) is 5.97 Å². The van der Waals surface area contributed by atoms with Crippen LogP contribution in [0.1, 0.15) is 109 Å². The second-order valence-corrected chi connectivity index (χ2v) is 10.2. The van der Waals surface area contributed by atoms with Gasteiger partial charge in [-0.1, -0.05) is 83.5 Å². The monoisotopic (exact) mass is 540 g/mol. The quantitative estimate of drug-likeness (QED) is 0.159. The van der Waals surface area contributed by atoms with Crippen molar-refractivity contribution < 1.29 is 29.2 Å². The number of carbonyl (C=O) groups excluding carboxylic acids is 1. The molecule has 0 bridgehead atoms. The average Bonchev–Trinajstić information content (AvgIpc) is 3.22. The van der Waals surface area contributed by atoms with Crippen LogP contribution in [-0.4, -0.2) is 64.4 Å². The number of esters is 1. The van der Waals surface area contributed by atoms with E-state index in [4.69, 9.17) is 9.47 Å². The van der Waals surface area contributed by atoms with Crippen molar-refractivity contribution in [1.29, 1.82) is 0 Å². The number of unbranched alkanes of at least 4 members (excludes halogenated alkanes) is 14. The van der Waals surface area contributed by atoms with Crippen LogP contribution in [0.4, 0.5) is 0 Å². The van der Waals surface area contributed by atoms with Gasteiger partial charge in [0.05, 0.1) is 13.7 Å². The summed E-state index contributed by atoms with van der Waals surface area (Å²) in [6.45, 7) is 0.0263. The summed E-state index contributed by atoms with van der Waals surface area (Å²) in [5.74, 6) is -0.106. The van der Waals surface area contributed by atoms with Crippen LogP contribution < -0.4 is 11.2 Å². The van der Waals surface area contributed by atoms with E-state index in [1.54, 1.807) is 0 Å². The van der Waals surface area contributed by atoms with Gasteiger partial charge in [-0.3, -0.25) is 19.1 Å². The molecule has 1 saturated heterocycles. The van der Waals surface area contributed by atoms with Crippen LogP contribution in [0.25, 0.3) is 0 Å². The molecular weight excluding hydrogens is 492 g/mol. The van der Waals surface area contributed by atoms with Crippen molar-refractivity contribution in [2.45, 2.75) is 127 Å². The standard InChI is InChI=1S/C28H48N2O8/c1-36-24(33)17-15-13-11-9-7-5-3-2-4-6-8-10-12-14-16-20-37-26-25(34)22(21-31)38-27(26)30-19-18-23(32)29-28(30)35/h18-19,22,25-27,31,34H,2-17,20-21H2,1H3,(H,29,32,35)/t22-,25?,26+,27-/m1/s1. The van der Waals surface area contributed by atoms with Gasteiger partial charge in [-0.05, 0) is 12.8 Å².